The fourth-order valence-electron chi connectivity index (χ4n) is 4.29. The van der Waals surface area contributed by atoms with E-state index in [9.17, 15) is 19.2 Å². The van der Waals surface area contributed by atoms with Crippen molar-refractivity contribution in [3.05, 3.63) is 76.9 Å². The Balaban J connectivity index is 1.52. The predicted molar refractivity (Wildman–Crippen MR) is 161 cm³/mol. The number of carbonyl (C=O) groups excluding carboxylic acids is 4. The van der Waals surface area contributed by atoms with Gasteiger partial charge >= 0.3 is 6.03 Å². The van der Waals surface area contributed by atoms with Gasteiger partial charge in [-0.15, -0.1) is 0 Å². The quantitative estimate of drug-likeness (QED) is 0.242. The van der Waals surface area contributed by atoms with Gasteiger partial charge in [-0.1, -0.05) is 25.1 Å². The maximum atomic E-state index is 13.4. The second-order valence-corrected chi connectivity index (χ2v) is 9.64. The molecular weight excluding hydrogens is 554 g/mol. The third kappa shape index (κ3) is 6.95. The highest BCUT2D eigenvalue weighted by Crippen LogP contribution is 2.34. The molecule has 0 unspecified atom stereocenters. The summed E-state index contributed by atoms with van der Waals surface area (Å²) in [5.41, 5.74) is 3.07. The standard InChI is InChI=1S/C32H33N3O8/c1-6-14-42-25-13-11-22(17-28(25)41-5)35-31(38)23(30(37)34-32(35)39)15-21-10-12-26(27(16-21)40-4)43-18-29(36)33-24-9-7-8-19(2)20(24)3/h7-13,15-17H,6,14,18H2,1-5H3,(H,33,36)(H,34,37,39)/b23-15-. The molecule has 1 aliphatic heterocycles. The van der Waals surface area contributed by atoms with Crippen molar-refractivity contribution in [1.82, 2.24) is 5.32 Å². The molecule has 3 aromatic carbocycles. The number of aryl methyl sites for hydroxylation is 1. The Morgan fingerprint density at radius 2 is 1.60 bits per heavy atom. The van der Waals surface area contributed by atoms with E-state index in [1.807, 2.05) is 39.0 Å². The number of nitrogens with one attached hydrogen (secondary N) is 2. The number of hydrogen-bond acceptors (Lipinski definition) is 8. The second kappa shape index (κ2) is 13.6. The van der Waals surface area contributed by atoms with Crippen LogP contribution in [0.3, 0.4) is 0 Å². The van der Waals surface area contributed by atoms with Gasteiger partial charge < -0.3 is 24.3 Å². The van der Waals surface area contributed by atoms with E-state index in [1.54, 1.807) is 24.3 Å². The van der Waals surface area contributed by atoms with E-state index in [1.165, 1.54) is 32.4 Å². The number of anilines is 2. The van der Waals surface area contributed by atoms with Crippen molar-refractivity contribution in [2.45, 2.75) is 27.2 Å². The number of barbiturate groups is 1. The van der Waals surface area contributed by atoms with Crippen molar-refractivity contribution >= 4 is 41.2 Å². The molecule has 2 N–H and O–H groups in total. The highest BCUT2D eigenvalue weighted by atomic mass is 16.5. The van der Waals surface area contributed by atoms with Crippen LogP contribution in [-0.4, -0.2) is 51.2 Å². The Morgan fingerprint density at radius 1 is 0.907 bits per heavy atom. The van der Waals surface area contributed by atoms with Gasteiger partial charge in [0.05, 0.1) is 26.5 Å². The Hall–Kier alpha value is -5.32. The normalized spacial score (nSPS) is 13.9. The molecule has 0 atom stereocenters. The Labute approximate surface area is 249 Å². The Kier molecular flexibility index (Phi) is 9.66. The number of rotatable bonds is 11. The number of imide groups is 2. The first kappa shape index (κ1) is 30.6. The molecule has 0 spiro atoms. The maximum absolute atomic E-state index is 13.4. The predicted octanol–water partition coefficient (Wildman–Crippen LogP) is 4.79. The zero-order valence-electron chi connectivity index (χ0n) is 24.6. The summed E-state index contributed by atoms with van der Waals surface area (Å²) in [6.45, 7) is 6.04. The van der Waals surface area contributed by atoms with Crippen LogP contribution in [0.1, 0.15) is 30.0 Å². The van der Waals surface area contributed by atoms with E-state index < -0.39 is 17.8 Å². The Bertz CT molecular complexity index is 1600. The molecule has 1 aliphatic rings. The van der Waals surface area contributed by atoms with Crippen LogP contribution in [0.25, 0.3) is 6.08 Å². The van der Waals surface area contributed by atoms with Gasteiger partial charge in [-0.25, -0.2) is 9.69 Å². The van der Waals surface area contributed by atoms with Crippen molar-refractivity contribution in [2.24, 2.45) is 0 Å². The topological polar surface area (TPSA) is 132 Å². The third-order valence-electron chi connectivity index (χ3n) is 6.70. The number of hydrogen-bond donors (Lipinski definition) is 2. The molecular formula is C32H33N3O8. The van der Waals surface area contributed by atoms with E-state index in [4.69, 9.17) is 18.9 Å². The van der Waals surface area contributed by atoms with Crippen LogP contribution in [-0.2, 0) is 14.4 Å². The molecule has 11 nitrogen and oxygen atoms in total. The molecule has 0 saturated carbocycles. The molecule has 5 amide bonds. The van der Waals surface area contributed by atoms with Gasteiger partial charge in [0.1, 0.15) is 5.57 Å². The first-order valence-electron chi connectivity index (χ1n) is 13.6. The lowest BCUT2D eigenvalue weighted by Gasteiger charge is -2.27. The number of ether oxygens (including phenoxy) is 4. The lowest BCUT2D eigenvalue weighted by molar-refractivity contribution is -0.122. The Morgan fingerprint density at radius 3 is 2.33 bits per heavy atom. The van der Waals surface area contributed by atoms with E-state index in [2.05, 4.69) is 10.6 Å². The van der Waals surface area contributed by atoms with E-state index >= 15 is 0 Å². The molecule has 11 heteroatoms. The number of urea groups is 1. The summed E-state index contributed by atoms with van der Waals surface area (Å²) in [6.07, 6.45) is 2.13. The molecule has 3 aromatic rings. The van der Waals surface area contributed by atoms with Crippen LogP contribution >= 0.6 is 0 Å². The van der Waals surface area contributed by atoms with Crippen LogP contribution in [0.4, 0.5) is 16.2 Å². The first-order chi connectivity index (χ1) is 20.7. The fraction of sp³-hybridized carbons (Fsp3) is 0.250. The maximum Gasteiger partial charge on any atom is 0.335 e. The summed E-state index contributed by atoms with van der Waals surface area (Å²) in [4.78, 5) is 52.2. The van der Waals surface area contributed by atoms with Crippen molar-refractivity contribution in [3.63, 3.8) is 0 Å². The average molecular weight is 588 g/mol. The van der Waals surface area contributed by atoms with Crippen LogP contribution in [0.5, 0.6) is 23.0 Å². The summed E-state index contributed by atoms with van der Waals surface area (Å²) in [5, 5.41) is 5.03. The van der Waals surface area contributed by atoms with Crippen LogP contribution in [0.15, 0.2) is 60.2 Å². The molecule has 0 aromatic heterocycles. The number of nitrogens with zero attached hydrogens (tertiary/aromatic N) is 1. The molecule has 43 heavy (non-hydrogen) atoms. The SMILES string of the molecule is CCCOc1ccc(N2C(=O)NC(=O)/C(=C/c3ccc(OCC(=O)Nc4cccc(C)c4C)c(OC)c3)C2=O)cc1OC. The van der Waals surface area contributed by atoms with E-state index in [0.29, 0.717) is 29.4 Å². The molecule has 0 bridgehead atoms. The molecule has 1 saturated heterocycles. The van der Waals surface area contributed by atoms with Gasteiger partial charge in [-0.3, -0.25) is 19.7 Å². The summed E-state index contributed by atoms with van der Waals surface area (Å²) in [5.74, 6) is -0.659. The number of methoxy groups -OCH3 is 2. The fourth-order valence-corrected chi connectivity index (χ4v) is 4.29. The van der Waals surface area contributed by atoms with Gasteiger partial charge in [-0.2, -0.15) is 0 Å². The largest absolute Gasteiger partial charge is 0.493 e. The lowest BCUT2D eigenvalue weighted by Crippen LogP contribution is -2.54. The molecule has 1 fully saturated rings. The molecule has 0 radical (unpaired) electrons. The smallest absolute Gasteiger partial charge is 0.335 e. The molecule has 4 rings (SSSR count). The number of amides is 5. The highest BCUT2D eigenvalue weighted by molar-refractivity contribution is 6.39. The van der Waals surface area contributed by atoms with Gasteiger partial charge in [0, 0.05) is 11.8 Å². The van der Waals surface area contributed by atoms with Crippen LogP contribution in [0.2, 0.25) is 0 Å². The molecule has 1 heterocycles. The summed E-state index contributed by atoms with van der Waals surface area (Å²) in [7, 11) is 2.87. The second-order valence-electron chi connectivity index (χ2n) is 9.64. The first-order valence-corrected chi connectivity index (χ1v) is 13.6. The highest BCUT2D eigenvalue weighted by Gasteiger charge is 2.37. The number of carbonyl (C=O) groups is 4. The van der Waals surface area contributed by atoms with Gasteiger partial charge in [0.2, 0.25) is 0 Å². The summed E-state index contributed by atoms with van der Waals surface area (Å²) >= 11 is 0. The summed E-state index contributed by atoms with van der Waals surface area (Å²) in [6, 6.07) is 14.1. The van der Waals surface area contributed by atoms with Crippen molar-refractivity contribution in [1.29, 1.82) is 0 Å². The van der Waals surface area contributed by atoms with Crippen molar-refractivity contribution in [3.8, 4) is 23.0 Å². The average Bonchev–Trinajstić information content (AvgIpc) is 2.99. The zero-order valence-corrected chi connectivity index (χ0v) is 24.6. The van der Waals surface area contributed by atoms with Gasteiger partial charge in [-0.05, 0) is 73.4 Å². The number of benzene rings is 3. The van der Waals surface area contributed by atoms with Crippen molar-refractivity contribution < 1.29 is 38.1 Å². The van der Waals surface area contributed by atoms with E-state index in [0.717, 1.165) is 22.4 Å². The minimum atomic E-state index is -0.892. The van der Waals surface area contributed by atoms with Gasteiger partial charge in [0.25, 0.3) is 17.7 Å². The molecule has 224 valence electrons. The van der Waals surface area contributed by atoms with Crippen molar-refractivity contribution in [2.75, 3.05) is 37.7 Å². The van der Waals surface area contributed by atoms with Gasteiger partial charge in [0.15, 0.2) is 29.6 Å². The zero-order chi connectivity index (χ0) is 31.1. The lowest BCUT2D eigenvalue weighted by atomic mass is 10.1. The monoisotopic (exact) mass is 587 g/mol. The van der Waals surface area contributed by atoms with Crippen LogP contribution < -0.4 is 34.5 Å². The minimum absolute atomic E-state index is 0.196. The summed E-state index contributed by atoms with van der Waals surface area (Å²) < 4.78 is 22.1. The van der Waals surface area contributed by atoms with E-state index in [-0.39, 0.29) is 35.3 Å². The van der Waals surface area contributed by atoms with Crippen LogP contribution in [0, 0.1) is 13.8 Å². The third-order valence-corrected chi connectivity index (χ3v) is 6.70. The molecule has 0 aliphatic carbocycles. The minimum Gasteiger partial charge on any atom is -0.493 e.